The van der Waals surface area contributed by atoms with Gasteiger partial charge in [0.1, 0.15) is 11.6 Å². The maximum absolute atomic E-state index is 5.37. The van der Waals surface area contributed by atoms with Gasteiger partial charge < -0.3 is 15.2 Å². The zero-order valence-electron chi connectivity index (χ0n) is 10.6. The van der Waals surface area contributed by atoms with Crippen molar-refractivity contribution in [3.05, 3.63) is 18.2 Å². The molecule has 1 aliphatic rings. The van der Waals surface area contributed by atoms with Crippen LogP contribution in [0.4, 0.5) is 11.6 Å². The Morgan fingerprint density at radius 1 is 1.35 bits per heavy atom. The first-order valence-electron chi connectivity index (χ1n) is 6.06. The maximum Gasteiger partial charge on any atom is 0.142 e. The number of nitrogens with zero attached hydrogens (tertiary/aromatic N) is 3. The largest absolute Gasteiger partial charge is 0.356 e. The summed E-state index contributed by atoms with van der Waals surface area (Å²) in [6, 6.07) is 6.59. The van der Waals surface area contributed by atoms with Crippen LogP contribution in [0.25, 0.3) is 0 Å². The van der Waals surface area contributed by atoms with Gasteiger partial charge in [0.05, 0.1) is 0 Å². The normalized spacial score (nSPS) is 17.5. The molecule has 2 heterocycles. The molecular formula is C12H21N5. The van der Waals surface area contributed by atoms with Crippen molar-refractivity contribution >= 4 is 11.6 Å². The highest BCUT2D eigenvalue weighted by Crippen LogP contribution is 2.20. The van der Waals surface area contributed by atoms with Crippen LogP contribution < -0.4 is 16.2 Å². The van der Waals surface area contributed by atoms with Crippen LogP contribution in [0.15, 0.2) is 18.2 Å². The van der Waals surface area contributed by atoms with E-state index in [0.29, 0.717) is 6.04 Å². The average molecular weight is 235 g/mol. The lowest BCUT2D eigenvalue weighted by Gasteiger charge is -2.35. The van der Waals surface area contributed by atoms with Crippen LogP contribution in [0.2, 0.25) is 0 Å². The summed E-state index contributed by atoms with van der Waals surface area (Å²) >= 11 is 0. The van der Waals surface area contributed by atoms with Crippen molar-refractivity contribution < 1.29 is 0 Å². The van der Waals surface area contributed by atoms with Gasteiger partial charge in [0.2, 0.25) is 0 Å². The molecule has 0 saturated carbocycles. The number of hydrazine groups is 1. The highest BCUT2D eigenvalue weighted by Gasteiger charge is 2.21. The fourth-order valence-electron chi connectivity index (χ4n) is 2.29. The van der Waals surface area contributed by atoms with E-state index in [9.17, 15) is 0 Å². The van der Waals surface area contributed by atoms with E-state index in [1.165, 1.54) is 12.8 Å². The van der Waals surface area contributed by atoms with Crippen molar-refractivity contribution in [3.63, 3.8) is 0 Å². The molecule has 0 spiro atoms. The van der Waals surface area contributed by atoms with Gasteiger partial charge >= 0.3 is 0 Å². The summed E-state index contributed by atoms with van der Waals surface area (Å²) in [6.45, 7) is 2.12. The molecule has 0 atom stereocenters. The van der Waals surface area contributed by atoms with Gasteiger partial charge in [-0.25, -0.2) is 10.8 Å². The minimum atomic E-state index is 0.696. The van der Waals surface area contributed by atoms with Crippen LogP contribution in [-0.2, 0) is 0 Å². The lowest BCUT2D eigenvalue weighted by atomic mass is 10.0. The number of rotatable bonds is 3. The molecule has 1 aliphatic heterocycles. The molecule has 0 radical (unpaired) electrons. The molecule has 17 heavy (non-hydrogen) atoms. The molecular weight excluding hydrogens is 214 g/mol. The first kappa shape index (κ1) is 12.1. The zero-order chi connectivity index (χ0) is 12.3. The second-order valence-corrected chi connectivity index (χ2v) is 4.71. The number of hydrogen-bond acceptors (Lipinski definition) is 5. The van der Waals surface area contributed by atoms with E-state index in [1.807, 2.05) is 18.2 Å². The predicted molar refractivity (Wildman–Crippen MR) is 71.0 cm³/mol. The topological polar surface area (TPSA) is 57.4 Å². The van der Waals surface area contributed by atoms with Crippen molar-refractivity contribution in [2.24, 2.45) is 5.84 Å². The first-order valence-corrected chi connectivity index (χ1v) is 6.06. The van der Waals surface area contributed by atoms with Gasteiger partial charge in [-0.2, -0.15) is 0 Å². The number of nitrogens with two attached hydrogens (primary N) is 1. The van der Waals surface area contributed by atoms with E-state index in [1.54, 1.807) is 0 Å². The van der Waals surface area contributed by atoms with Crippen molar-refractivity contribution in [2.45, 2.75) is 18.9 Å². The molecule has 94 valence electrons. The molecule has 5 heteroatoms. The Labute approximate surface area is 103 Å². The standard InChI is InChI=1S/C12H21N5/c1-16(2)10-6-8-17(9-7-10)12-5-3-4-11(14-12)15-13/h3-5,10H,6-9,13H2,1-2H3,(H,14,15). The van der Waals surface area contributed by atoms with E-state index >= 15 is 0 Å². The third kappa shape index (κ3) is 2.87. The van der Waals surface area contributed by atoms with Crippen molar-refractivity contribution in [2.75, 3.05) is 37.5 Å². The third-order valence-corrected chi connectivity index (χ3v) is 3.40. The molecule has 2 rings (SSSR count). The van der Waals surface area contributed by atoms with Gasteiger partial charge in [0.25, 0.3) is 0 Å². The molecule has 5 nitrogen and oxygen atoms in total. The summed E-state index contributed by atoms with van der Waals surface area (Å²) in [5.41, 5.74) is 2.59. The van der Waals surface area contributed by atoms with Crippen LogP contribution >= 0.6 is 0 Å². The average Bonchev–Trinajstić information content (AvgIpc) is 2.39. The highest BCUT2D eigenvalue weighted by molar-refractivity contribution is 5.46. The number of piperidine rings is 1. The maximum atomic E-state index is 5.37. The summed E-state index contributed by atoms with van der Waals surface area (Å²) in [7, 11) is 4.30. The highest BCUT2D eigenvalue weighted by atomic mass is 15.3. The molecule has 1 aromatic heterocycles. The van der Waals surface area contributed by atoms with Gasteiger partial charge in [-0.3, -0.25) is 0 Å². The Morgan fingerprint density at radius 3 is 2.65 bits per heavy atom. The first-order chi connectivity index (χ1) is 8.20. The fraction of sp³-hybridized carbons (Fsp3) is 0.583. The summed E-state index contributed by atoms with van der Waals surface area (Å²) in [5, 5.41) is 0. The van der Waals surface area contributed by atoms with Crippen LogP contribution in [-0.4, -0.2) is 43.1 Å². The number of hydrogen-bond donors (Lipinski definition) is 2. The van der Waals surface area contributed by atoms with E-state index in [4.69, 9.17) is 5.84 Å². The number of pyridine rings is 1. The summed E-state index contributed by atoms with van der Waals surface area (Å²) < 4.78 is 0. The van der Waals surface area contributed by atoms with E-state index in [2.05, 4.69) is 34.3 Å². The minimum absolute atomic E-state index is 0.696. The van der Waals surface area contributed by atoms with E-state index in [-0.39, 0.29) is 0 Å². The molecule has 1 fully saturated rings. The van der Waals surface area contributed by atoms with Crippen LogP contribution in [0, 0.1) is 0 Å². The van der Waals surface area contributed by atoms with Crippen molar-refractivity contribution in [1.82, 2.24) is 9.88 Å². The van der Waals surface area contributed by atoms with Crippen molar-refractivity contribution in [3.8, 4) is 0 Å². The van der Waals surface area contributed by atoms with Gasteiger partial charge in [-0.05, 0) is 39.1 Å². The van der Waals surface area contributed by atoms with Gasteiger partial charge in [0.15, 0.2) is 0 Å². The number of nitrogen functional groups attached to an aromatic ring is 1. The molecule has 0 aromatic carbocycles. The second-order valence-electron chi connectivity index (χ2n) is 4.71. The number of nitrogens with one attached hydrogen (secondary N) is 1. The number of aromatic nitrogens is 1. The van der Waals surface area contributed by atoms with Crippen LogP contribution in [0.5, 0.6) is 0 Å². The Bertz CT molecular complexity index is 358. The smallest absolute Gasteiger partial charge is 0.142 e. The SMILES string of the molecule is CN(C)C1CCN(c2cccc(NN)n2)CC1. The lowest BCUT2D eigenvalue weighted by Crippen LogP contribution is -2.42. The Kier molecular flexibility index (Phi) is 3.81. The molecule has 0 unspecified atom stereocenters. The Balaban J connectivity index is 2.00. The third-order valence-electron chi connectivity index (χ3n) is 3.40. The van der Waals surface area contributed by atoms with E-state index < -0.39 is 0 Å². The summed E-state index contributed by atoms with van der Waals surface area (Å²) in [6.07, 6.45) is 2.38. The molecule has 3 N–H and O–H groups in total. The quantitative estimate of drug-likeness (QED) is 0.602. The number of anilines is 2. The van der Waals surface area contributed by atoms with Gasteiger partial charge in [-0.15, -0.1) is 0 Å². The zero-order valence-corrected chi connectivity index (χ0v) is 10.6. The van der Waals surface area contributed by atoms with E-state index in [0.717, 1.165) is 24.7 Å². The van der Waals surface area contributed by atoms with Gasteiger partial charge in [-0.1, -0.05) is 6.07 Å². The molecule has 1 saturated heterocycles. The van der Waals surface area contributed by atoms with Crippen LogP contribution in [0.1, 0.15) is 12.8 Å². The Hall–Kier alpha value is -1.33. The van der Waals surface area contributed by atoms with Crippen LogP contribution in [0.3, 0.4) is 0 Å². The molecule has 0 aliphatic carbocycles. The molecule has 0 amide bonds. The fourth-order valence-corrected chi connectivity index (χ4v) is 2.29. The molecule has 0 bridgehead atoms. The monoisotopic (exact) mass is 235 g/mol. The van der Waals surface area contributed by atoms with Crippen molar-refractivity contribution in [1.29, 1.82) is 0 Å². The predicted octanol–water partition coefficient (Wildman–Crippen LogP) is 0.898. The summed E-state index contributed by atoms with van der Waals surface area (Å²) in [4.78, 5) is 9.09. The molecule has 1 aromatic rings. The minimum Gasteiger partial charge on any atom is -0.356 e. The lowest BCUT2D eigenvalue weighted by molar-refractivity contribution is 0.249. The Morgan fingerprint density at radius 2 is 2.06 bits per heavy atom. The van der Waals surface area contributed by atoms with Gasteiger partial charge in [0, 0.05) is 19.1 Å². The summed E-state index contributed by atoms with van der Waals surface area (Å²) in [5.74, 6) is 7.10. The second kappa shape index (κ2) is 5.33.